The van der Waals surface area contributed by atoms with E-state index < -0.39 is 0 Å². The quantitative estimate of drug-likeness (QED) is 0.651. The molecular weight excluding hydrogens is 406 g/mol. The zero-order valence-electron chi connectivity index (χ0n) is 17.3. The van der Waals surface area contributed by atoms with Crippen molar-refractivity contribution >= 4 is 23.4 Å². The molecule has 0 N–H and O–H groups in total. The van der Waals surface area contributed by atoms with Crippen LogP contribution in [0.2, 0.25) is 0 Å². The highest BCUT2D eigenvalue weighted by Crippen LogP contribution is 2.23. The molecule has 2 aromatic rings. The Morgan fingerprint density at radius 2 is 2.13 bits per heavy atom. The van der Waals surface area contributed by atoms with Gasteiger partial charge in [-0.3, -0.25) is 19.4 Å². The number of hydrogen-bond donors (Lipinski definition) is 0. The van der Waals surface area contributed by atoms with E-state index in [9.17, 15) is 9.59 Å². The van der Waals surface area contributed by atoms with Crippen LogP contribution in [0.1, 0.15) is 28.0 Å². The molecule has 0 spiro atoms. The monoisotopic (exact) mass is 433 g/mol. The van der Waals surface area contributed by atoms with Crippen molar-refractivity contribution in [2.75, 3.05) is 45.9 Å². The zero-order chi connectivity index (χ0) is 21.1. The van der Waals surface area contributed by atoms with Crippen molar-refractivity contribution in [3.63, 3.8) is 0 Å². The summed E-state index contributed by atoms with van der Waals surface area (Å²) in [5, 5.41) is 4.01. The average Bonchev–Trinajstić information content (AvgIpc) is 3.35. The summed E-state index contributed by atoms with van der Waals surface area (Å²) in [7, 11) is 0. The number of carbonyl (C=O) groups excluding carboxylic acids is 2. The Hall–Kier alpha value is -2.30. The summed E-state index contributed by atoms with van der Waals surface area (Å²) in [6, 6.07) is 3.94. The van der Waals surface area contributed by atoms with E-state index >= 15 is 0 Å². The van der Waals surface area contributed by atoms with Gasteiger partial charge in [0.15, 0.2) is 5.69 Å². The van der Waals surface area contributed by atoms with Crippen molar-refractivity contribution in [1.82, 2.24) is 24.3 Å². The molecule has 2 atom stereocenters. The largest absolute Gasteiger partial charge is 0.468 e. The first-order valence-electron chi connectivity index (χ1n) is 10.3. The molecule has 2 aliphatic rings. The van der Waals surface area contributed by atoms with E-state index in [-0.39, 0.29) is 23.8 Å². The third-order valence-corrected chi connectivity index (χ3v) is 6.36. The van der Waals surface area contributed by atoms with Crippen LogP contribution in [-0.2, 0) is 16.1 Å². The third kappa shape index (κ3) is 4.55. The van der Waals surface area contributed by atoms with Crippen LogP contribution in [0.25, 0.3) is 0 Å². The molecule has 162 valence electrons. The van der Waals surface area contributed by atoms with Crippen LogP contribution in [0.5, 0.6) is 0 Å². The molecule has 2 unspecified atom stereocenters. The third-order valence-electron chi connectivity index (χ3n) is 5.73. The van der Waals surface area contributed by atoms with E-state index in [0.29, 0.717) is 45.0 Å². The van der Waals surface area contributed by atoms with Crippen LogP contribution in [0.3, 0.4) is 0 Å². The fourth-order valence-corrected chi connectivity index (χ4v) is 4.72. The molecular formula is C20H27N5O4S. The molecule has 4 heterocycles. The molecule has 0 aromatic carbocycles. The van der Waals surface area contributed by atoms with E-state index in [1.165, 1.54) is 11.5 Å². The topological polar surface area (TPSA) is 92.0 Å². The predicted octanol–water partition coefficient (Wildman–Crippen LogP) is 1.26. The van der Waals surface area contributed by atoms with Crippen molar-refractivity contribution in [2.45, 2.75) is 26.4 Å². The van der Waals surface area contributed by atoms with Crippen LogP contribution in [0.15, 0.2) is 22.8 Å². The summed E-state index contributed by atoms with van der Waals surface area (Å²) in [5.41, 5.74) is 0.443. The lowest BCUT2D eigenvalue weighted by Gasteiger charge is -2.41. The number of nitrogens with zero attached hydrogens (tertiary/aromatic N) is 5. The zero-order valence-corrected chi connectivity index (χ0v) is 18.1. The number of fused-ring (bicyclic) bond motifs is 1. The van der Waals surface area contributed by atoms with Gasteiger partial charge in [-0.1, -0.05) is 4.49 Å². The summed E-state index contributed by atoms with van der Waals surface area (Å²) < 4.78 is 14.8. The van der Waals surface area contributed by atoms with E-state index in [0.717, 1.165) is 23.7 Å². The van der Waals surface area contributed by atoms with Crippen molar-refractivity contribution < 1.29 is 18.7 Å². The summed E-state index contributed by atoms with van der Waals surface area (Å²) in [6.07, 6.45) is 1.66. The molecule has 0 bridgehead atoms. The normalized spacial score (nSPS) is 23.1. The summed E-state index contributed by atoms with van der Waals surface area (Å²) in [5.74, 6) is 0.408. The van der Waals surface area contributed by atoms with Crippen LogP contribution < -0.4 is 0 Å². The van der Waals surface area contributed by atoms with E-state index in [1.54, 1.807) is 6.26 Å². The number of amides is 1. The SMILES string of the molecule is CCOC(=O)C1CN(Cc2ccco2)CC2CN(C(=O)c3nnsc3C)CCN2C1. The molecule has 2 aliphatic heterocycles. The number of carbonyl (C=O) groups is 2. The molecule has 2 saturated heterocycles. The highest BCUT2D eigenvalue weighted by Gasteiger charge is 2.38. The average molecular weight is 434 g/mol. The number of piperazine rings is 1. The number of aryl methyl sites for hydroxylation is 1. The predicted molar refractivity (Wildman–Crippen MR) is 110 cm³/mol. The van der Waals surface area contributed by atoms with Gasteiger partial charge in [0.05, 0.1) is 30.2 Å². The molecule has 2 fully saturated rings. The lowest BCUT2D eigenvalue weighted by atomic mass is 10.1. The van der Waals surface area contributed by atoms with Gasteiger partial charge in [-0.25, -0.2) is 0 Å². The summed E-state index contributed by atoms with van der Waals surface area (Å²) in [6.45, 7) is 8.61. The van der Waals surface area contributed by atoms with Crippen molar-refractivity contribution in [2.24, 2.45) is 5.92 Å². The van der Waals surface area contributed by atoms with Gasteiger partial charge in [-0.15, -0.1) is 5.10 Å². The van der Waals surface area contributed by atoms with Gasteiger partial charge in [0.1, 0.15) is 5.76 Å². The molecule has 0 aliphatic carbocycles. The highest BCUT2D eigenvalue weighted by molar-refractivity contribution is 7.05. The second-order valence-electron chi connectivity index (χ2n) is 7.80. The van der Waals surface area contributed by atoms with Gasteiger partial charge < -0.3 is 14.1 Å². The van der Waals surface area contributed by atoms with E-state index in [1.807, 2.05) is 30.9 Å². The van der Waals surface area contributed by atoms with Crippen molar-refractivity contribution in [3.8, 4) is 0 Å². The number of esters is 1. The van der Waals surface area contributed by atoms with E-state index in [4.69, 9.17) is 9.15 Å². The molecule has 9 nitrogen and oxygen atoms in total. The number of aromatic nitrogens is 2. The van der Waals surface area contributed by atoms with Crippen molar-refractivity contribution in [3.05, 3.63) is 34.7 Å². The first-order valence-corrected chi connectivity index (χ1v) is 11.1. The lowest BCUT2D eigenvalue weighted by molar-refractivity contribution is -0.149. The standard InChI is InChI=1S/C20H27N5O4S/c1-3-28-20(27)15-9-23(13-17-5-4-8-29-17)11-16-12-25(7-6-24(16)10-15)19(26)18-14(2)30-22-21-18/h4-5,8,15-16H,3,6-7,9-13H2,1-2H3. The number of hydrogen-bond acceptors (Lipinski definition) is 9. The van der Waals surface area contributed by atoms with Gasteiger partial charge in [0.2, 0.25) is 0 Å². The molecule has 4 rings (SSSR count). The maximum atomic E-state index is 12.9. The minimum atomic E-state index is -0.225. The maximum Gasteiger partial charge on any atom is 0.311 e. The van der Waals surface area contributed by atoms with Crippen LogP contribution in [0, 0.1) is 12.8 Å². The maximum absolute atomic E-state index is 12.9. The molecule has 10 heteroatoms. The Morgan fingerprint density at radius 1 is 1.27 bits per heavy atom. The van der Waals surface area contributed by atoms with Gasteiger partial charge in [-0.2, -0.15) is 0 Å². The fourth-order valence-electron chi connectivity index (χ4n) is 4.26. The first kappa shape index (κ1) is 21.0. The minimum absolute atomic E-state index is 0.0651. The summed E-state index contributed by atoms with van der Waals surface area (Å²) >= 11 is 1.24. The Morgan fingerprint density at radius 3 is 2.83 bits per heavy atom. The van der Waals surface area contributed by atoms with Crippen molar-refractivity contribution in [1.29, 1.82) is 0 Å². The van der Waals surface area contributed by atoms with Gasteiger partial charge >= 0.3 is 5.97 Å². The van der Waals surface area contributed by atoms with Gasteiger partial charge in [0.25, 0.3) is 5.91 Å². The number of furan rings is 1. The molecule has 0 radical (unpaired) electrons. The Kier molecular flexibility index (Phi) is 6.45. The van der Waals surface area contributed by atoms with Gasteiger partial charge in [0, 0.05) is 45.3 Å². The highest BCUT2D eigenvalue weighted by atomic mass is 32.1. The fraction of sp³-hybridized carbons (Fsp3) is 0.600. The van der Waals surface area contributed by atoms with Crippen LogP contribution >= 0.6 is 11.5 Å². The number of rotatable bonds is 5. The Bertz CT molecular complexity index is 870. The Balaban J connectivity index is 1.50. The van der Waals surface area contributed by atoms with Gasteiger partial charge in [-0.05, 0) is 37.5 Å². The smallest absolute Gasteiger partial charge is 0.311 e. The van der Waals surface area contributed by atoms with Crippen LogP contribution in [0.4, 0.5) is 0 Å². The second-order valence-corrected chi connectivity index (χ2v) is 8.76. The first-order chi connectivity index (χ1) is 14.5. The Labute approximate surface area is 179 Å². The number of ether oxygens (including phenoxy) is 1. The molecule has 1 amide bonds. The molecule has 30 heavy (non-hydrogen) atoms. The minimum Gasteiger partial charge on any atom is -0.468 e. The lowest BCUT2D eigenvalue weighted by Crippen LogP contribution is -2.57. The summed E-state index contributed by atoms with van der Waals surface area (Å²) in [4.78, 5) is 32.8. The molecule has 0 saturated carbocycles. The second kappa shape index (κ2) is 9.23. The van der Waals surface area contributed by atoms with Crippen LogP contribution in [-0.4, -0.2) is 88.1 Å². The molecule has 2 aromatic heterocycles. The van der Waals surface area contributed by atoms with E-state index in [2.05, 4.69) is 19.4 Å².